The van der Waals surface area contributed by atoms with Crippen molar-refractivity contribution >= 4 is 16.0 Å². The van der Waals surface area contributed by atoms with Gasteiger partial charge in [0.2, 0.25) is 10.0 Å². The second-order valence-corrected chi connectivity index (χ2v) is 6.14. The van der Waals surface area contributed by atoms with Crippen molar-refractivity contribution in [3.05, 3.63) is 24.0 Å². The third-order valence-corrected chi connectivity index (χ3v) is 3.90. The Kier molecular flexibility index (Phi) is 5.38. The van der Waals surface area contributed by atoms with Crippen molar-refractivity contribution in [2.24, 2.45) is 0 Å². The molecule has 1 aromatic carbocycles. The van der Waals surface area contributed by atoms with E-state index in [1.165, 1.54) is 0 Å². The molecular formula is C11H12F3NO6S. The van der Waals surface area contributed by atoms with Gasteiger partial charge in [-0.05, 0) is 25.1 Å². The van der Waals surface area contributed by atoms with Crippen LogP contribution in [-0.2, 0) is 14.8 Å². The summed E-state index contributed by atoms with van der Waals surface area (Å²) in [4.78, 5) is 10.00. The first-order valence-corrected chi connectivity index (χ1v) is 7.14. The van der Waals surface area contributed by atoms with Gasteiger partial charge in [-0.25, -0.2) is 22.3 Å². The van der Waals surface area contributed by atoms with Crippen LogP contribution in [0.15, 0.2) is 23.1 Å². The predicted molar refractivity (Wildman–Crippen MR) is 66.5 cm³/mol. The molecule has 0 aliphatic heterocycles. The van der Waals surface area contributed by atoms with Gasteiger partial charge in [-0.2, -0.15) is 8.78 Å². The Morgan fingerprint density at radius 2 is 2.05 bits per heavy atom. The summed E-state index contributed by atoms with van der Waals surface area (Å²) in [6, 6.07) is 1.90. The van der Waals surface area contributed by atoms with Crippen LogP contribution in [-0.4, -0.2) is 43.4 Å². The van der Waals surface area contributed by atoms with Crippen LogP contribution in [0.1, 0.15) is 6.92 Å². The van der Waals surface area contributed by atoms with Crippen molar-refractivity contribution in [2.45, 2.75) is 24.0 Å². The first-order chi connectivity index (χ1) is 9.95. The first-order valence-electron chi connectivity index (χ1n) is 5.65. The number of rotatable bonds is 7. The highest BCUT2D eigenvalue weighted by Gasteiger charge is 2.32. The van der Waals surface area contributed by atoms with Crippen molar-refractivity contribution in [2.75, 3.05) is 6.54 Å². The Bertz CT molecular complexity index is 662. The number of aliphatic hydroxyl groups is 1. The van der Waals surface area contributed by atoms with Gasteiger partial charge in [-0.3, -0.25) is 0 Å². The second-order valence-electron chi connectivity index (χ2n) is 4.37. The summed E-state index contributed by atoms with van der Waals surface area (Å²) in [5.74, 6) is -3.85. The van der Waals surface area contributed by atoms with Crippen molar-refractivity contribution in [3.63, 3.8) is 0 Å². The molecule has 0 amide bonds. The minimum absolute atomic E-state index is 0.426. The number of sulfonamides is 1. The monoisotopic (exact) mass is 343 g/mol. The number of hydrogen-bond donors (Lipinski definition) is 3. The van der Waals surface area contributed by atoms with Gasteiger partial charge in [0.15, 0.2) is 17.2 Å². The van der Waals surface area contributed by atoms with E-state index in [2.05, 4.69) is 4.74 Å². The van der Waals surface area contributed by atoms with E-state index in [0.717, 1.165) is 13.0 Å². The molecule has 0 saturated heterocycles. The van der Waals surface area contributed by atoms with Crippen LogP contribution in [0.2, 0.25) is 0 Å². The lowest BCUT2D eigenvalue weighted by Crippen LogP contribution is -2.46. The number of nitrogens with one attached hydrogen (secondary N) is 1. The van der Waals surface area contributed by atoms with E-state index >= 15 is 0 Å². The first kappa shape index (κ1) is 18.2. The van der Waals surface area contributed by atoms with Crippen molar-refractivity contribution in [1.82, 2.24) is 4.72 Å². The van der Waals surface area contributed by atoms with Gasteiger partial charge < -0.3 is 14.9 Å². The Hall–Kier alpha value is -1.85. The number of aliphatic carboxylic acids is 1. The Labute approximate surface area is 123 Å². The van der Waals surface area contributed by atoms with Gasteiger partial charge in [0.1, 0.15) is 0 Å². The number of ether oxygens (including phenoxy) is 1. The summed E-state index contributed by atoms with van der Waals surface area (Å²) in [5.41, 5.74) is -2.37. The smallest absolute Gasteiger partial charge is 0.387 e. The number of benzene rings is 1. The number of alkyl halides is 2. The highest BCUT2D eigenvalue weighted by molar-refractivity contribution is 7.89. The van der Waals surface area contributed by atoms with Crippen LogP contribution in [0.4, 0.5) is 13.2 Å². The molecule has 1 unspecified atom stereocenters. The Balaban J connectivity index is 2.95. The minimum atomic E-state index is -4.35. The SMILES string of the molecule is CC(O)(CNS(=O)(=O)c1ccc(OC(F)F)c(F)c1)C(=O)O. The van der Waals surface area contributed by atoms with Crippen LogP contribution < -0.4 is 9.46 Å². The summed E-state index contributed by atoms with van der Waals surface area (Å²) in [6.45, 7) is -3.29. The van der Waals surface area contributed by atoms with E-state index in [1.807, 2.05) is 0 Å². The van der Waals surface area contributed by atoms with E-state index in [-0.39, 0.29) is 0 Å². The van der Waals surface area contributed by atoms with E-state index in [1.54, 1.807) is 4.72 Å². The van der Waals surface area contributed by atoms with E-state index in [4.69, 9.17) is 5.11 Å². The molecule has 0 bridgehead atoms. The van der Waals surface area contributed by atoms with Crippen molar-refractivity contribution in [1.29, 1.82) is 0 Å². The third-order valence-electron chi connectivity index (χ3n) is 2.50. The number of carboxylic acids is 1. The topological polar surface area (TPSA) is 113 Å². The van der Waals surface area contributed by atoms with Gasteiger partial charge in [0.25, 0.3) is 0 Å². The molecule has 0 radical (unpaired) electrons. The minimum Gasteiger partial charge on any atom is -0.479 e. The van der Waals surface area contributed by atoms with Gasteiger partial charge in [-0.15, -0.1) is 0 Å². The molecule has 124 valence electrons. The maximum atomic E-state index is 13.4. The number of hydrogen-bond acceptors (Lipinski definition) is 5. The lowest BCUT2D eigenvalue weighted by molar-refractivity contribution is -0.155. The largest absolute Gasteiger partial charge is 0.479 e. The molecule has 0 aliphatic carbocycles. The molecule has 22 heavy (non-hydrogen) atoms. The summed E-state index contributed by atoms with van der Waals surface area (Å²) < 4.78 is 66.6. The molecule has 0 spiro atoms. The average molecular weight is 343 g/mol. The van der Waals surface area contributed by atoms with Gasteiger partial charge in [-0.1, -0.05) is 0 Å². The fourth-order valence-corrected chi connectivity index (χ4v) is 2.38. The highest BCUT2D eigenvalue weighted by Crippen LogP contribution is 2.22. The fraction of sp³-hybridized carbons (Fsp3) is 0.364. The fourth-order valence-electron chi connectivity index (χ4n) is 1.23. The number of halogens is 3. The Morgan fingerprint density at radius 3 is 2.50 bits per heavy atom. The van der Waals surface area contributed by atoms with Crippen LogP contribution >= 0.6 is 0 Å². The van der Waals surface area contributed by atoms with Crippen molar-refractivity contribution in [3.8, 4) is 5.75 Å². The normalized spacial score (nSPS) is 14.6. The number of carboxylic acid groups (broad SMARTS) is 1. The zero-order valence-electron chi connectivity index (χ0n) is 11.1. The molecule has 0 aliphatic rings. The molecule has 1 rings (SSSR count). The van der Waals surface area contributed by atoms with Gasteiger partial charge >= 0.3 is 12.6 Å². The Morgan fingerprint density at radius 1 is 1.45 bits per heavy atom. The molecule has 1 atom stereocenters. The van der Waals surface area contributed by atoms with Crippen LogP contribution in [0.3, 0.4) is 0 Å². The zero-order valence-corrected chi connectivity index (χ0v) is 11.9. The summed E-state index contributed by atoms with van der Waals surface area (Å²) >= 11 is 0. The standard InChI is InChI=1S/C11H12F3NO6S/c1-11(18,9(16)17)5-15-22(19,20)6-2-3-8(7(12)4-6)21-10(13)14/h2-4,10,15,18H,5H2,1H3,(H,16,17). The van der Waals surface area contributed by atoms with Crippen molar-refractivity contribution < 1.29 is 41.3 Å². The van der Waals surface area contributed by atoms with E-state index in [0.29, 0.717) is 12.1 Å². The summed E-state index contributed by atoms with van der Waals surface area (Å²) in [7, 11) is -4.35. The molecule has 0 heterocycles. The molecule has 11 heteroatoms. The van der Waals surface area contributed by atoms with Crippen LogP contribution in [0.5, 0.6) is 5.75 Å². The number of carbonyl (C=O) groups is 1. The maximum absolute atomic E-state index is 13.4. The van der Waals surface area contributed by atoms with Crippen LogP contribution in [0.25, 0.3) is 0 Å². The zero-order chi connectivity index (χ0) is 17.1. The molecule has 3 N–H and O–H groups in total. The third kappa shape index (κ3) is 4.58. The predicted octanol–water partition coefficient (Wildman–Crippen LogP) is 0.541. The maximum Gasteiger partial charge on any atom is 0.387 e. The lowest BCUT2D eigenvalue weighted by atomic mass is 10.1. The van der Waals surface area contributed by atoms with E-state index < -0.39 is 51.2 Å². The highest BCUT2D eigenvalue weighted by atomic mass is 32.2. The quantitative estimate of drug-likeness (QED) is 0.666. The average Bonchev–Trinajstić information content (AvgIpc) is 2.38. The molecular weight excluding hydrogens is 331 g/mol. The summed E-state index contributed by atoms with van der Waals surface area (Å²) in [6.07, 6.45) is 0. The molecule has 0 fully saturated rings. The van der Waals surface area contributed by atoms with Gasteiger partial charge in [0.05, 0.1) is 11.4 Å². The molecule has 0 saturated carbocycles. The molecule has 0 aromatic heterocycles. The van der Waals surface area contributed by atoms with Crippen LogP contribution in [0, 0.1) is 5.82 Å². The second kappa shape index (κ2) is 6.50. The van der Waals surface area contributed by atoms with Gasteiger partial charge in [0, 0.05) is 0 Å². The molecule has 7 nitrogen and oxygen atoms in total. The molecule has 1 aromatic rings. The summed E-state index contributed by atoms with van der Waals surface area (Å²) in [5, 5.41) is 18.0. The van der Waals surface area contributed by atoms with E-state index in [9.17, 15) is 31.5 Å². The lowest BCUT2D eigenvalue weighted by Gasteiger charge is -2.18.